The van der Waals surface area contributed by atoms with Gasteiger partial charge in [-0.05, 0) is 37.6 Å². The molecule has 2 aromatic rings. The summed E-state index contributed by atoms with van der Waals surface area (Å²) in [4.78, 5) is 41.1. The van der Waals surface area contributed by atoms with Crippen LogP contribution in [-0.2, 0) is 18.9 Å². The van der Waals surface area contributed by atoms with Crippen LogP contribution in [0.25, 0.3) is 0 Å². The Labute approximate surface area is 174 Å². The van der Waals surface area contributed by atoms with Crippen LogP contribution in [0.5, 0.6) is 0 Å². The summed E-state index contributed by atoms with van der Waals surface area (Å²) in [5, 5.41) is 3.54. The average Bonchev–Trinajstić information content (AvgIpc) is 2.96. The van der Waals surface area contributed by atoms with Crippen molar-refractivity contribution in [3.63, 3.8) is 0 Å². The maximum absolute atomic E-state index is 12.7. The SMILES string of the molecule is CC(C(=O)Nc1ccc(Cl)cc1)N1CCCN(c2cc(=O)n(C)c(=O)n2C)CC1. The topological polar surface area (TPSA) is 79.6 Å². The van der Waals surface area contributed by atoms with E-state index in [1.54, 1.807) is 31.3 Å². The second-order valence-corrected chi connectivity index (χ2v) is 7.73. The van der Waals surface area contributed by atoms with Gasteiger partial charge in [0, 0.05) is 57.1 Å². The molecule has 8 nitrogen and oxygen atoms in total. The molecule has 1 unspecified atom stereocenters. The highest BCUT2D eigenvalue weighted by Crippen LogP contribution is 2.17. The van der Waals surface area contributed by atoms with Gasteiger partial charge in [-0.2, -0.15) is 0 Å². The third-order valence-corrected chi connectivity index (χ3v) is 5.65. The number of carbonyl (C=O) groups excluding carboxylic acids is 1. The van der Waals surface area contributed by atoms with Crippen LogP contribution in [0.15, 0.2) is 39.9 Å². The fourth-order valence-corrected chi connectivity index (χ4v) is 3.65. The van der Waals surface area contributed by atoms with Gasteiger partial charge in [-0.3, -0.25) is 23.6 Å². The molecule has 1 aliphatic rings. The lowest BCUT2D eigenvalue weighted by Gasteiger charge is -2.28. The highest BCUT2D eigenvalue weighted by molar-refractivity contribution is 6.30. The standard InChI is InChI=1S/C20H26ClN5O3/c1-14(19(28)22-16-7-5-15(21)6-8-16)25-9-4-10-26(12-11-25)17-13-18(27)24(3)20(29)23(17)2/h5-8,13-14H,4,9-12H2,1-3H3,(H,22,28). The van der Waals surface area contributed by atoms with Crippen LogP contribution in [0.3, 0.4) is 0 Å². The van der Waals surface area contributed by atoms with Gasteiger partial charge in [0.15, 0.2) is 0 Å². The molecule has 1 amide bonds. The number of carbonyl (C=O) groups is 1. The predicted molar refractivity (Wildman–Crippen MR) is 115 cm³/mol. The van der Waals surface area contributed by atoms with Crippen LogP contribution in [0.1, 0.15) is 13.3 Å². The molecule has 1 aliphatic heterocycles. The molecule has 9 heteroatoms. The average molecular weight is 420 g/mol. The van der Waals surface area contributed by atoms with E-state index in [9.17, 15) is 14.4 Å². The monoisotopic (exact) mass is 419 g/mol. The van der Waals surface area contributed by atoms with Gasteiger partial charge in [0.05, 0.1) is 6.04 Å². The Morgan fingerprint density at radius 1 is 1.03 bits per heavy atom. The number of halogens is 1. The van der Waals surface area contributed by atoms with E-state index < -0.39 is 0 Å². The Morgan fingerprint density at radius 2 is 1.72 bits per heavy atom. The Balaban J connectivity index is 1.68. The third-order valence-electron chi connectivity index (χ3n) is 5.39. The molecule has 0 spiro atoms. The van der Waals surface area contributed by atoms with Gasteiger partial charge in [0.1, 0.15) is 5.82 Å². The Morgan fingerprint density at radius 3 is 2.41 bits per heavy atom. The normalized spacial score (nSPS) is 16.3. The van der Waals surface area contributed by atoms with Crippen LogP contribution in [0.4, 0.5) is 11.5 Å². The summed E-state index contributed by atoms with van der Waals surface area (Å²) in [6.45, 7) is 4.62. The van der Waals surface area contributed by atoms with Crippen molar-refractivity contribution in [3.05, 3.63) is 56.2 Å². The third kappa shape index (κ3) is 4.71. The van der Waals surface area contributed by atoms with Gasteiger partial charge in [0.25, 0.3) is 5.56 Å². The summed E-state index contributed by atoms with van der Waals surface area (Å²) in [5.41, 5.74) is 0.0436. The molecule has 1 saturated heterocycles. The smallest absolute Gasteiger partial charge is 0.332 e. The van der Waals surface area contributed by atoms with Crippen LogP contribution in [0.2, 0.25) is 5.02 Å². The van der Waals surface area contributed by atoms with Gasteiger partial charge in [0.2, 0.25) is 5.91 Å². The first kappa shape index (κ1) is 21.1. The van der Waals surface area contributed by atoms with Crippen molar-refractivity contribution >= 4 is 29.0 Å². The molecule has 29 heavy (non-hydrogen) atoms. The minimum atomic E-state index is -0.343. The Kier molecular flexibility index (Phi) is 6.44. The first-order valence-corrected chi connectivity index (χ1v) is 9.98. The summed E-state index contributed by atoms with van der Waals surface area (Å²) < 4.78 is 2.59. The van der Waals surface area contributed by atoms with Gasteiger partial charge in [-0.25, -0.2) is 4.79 Å². The molecule has 1 atom stereocenters. The number of benzene rings is 1. The Hall–Kier alpha value is -2.58. The minimum Gasteiger partial charge on any atom is -0.356 e. The summed E-state index contributed by atoms with van der Waals surface area (Å²) in [6, 6.07) is 8.20. The van der Waals surface area contributed by atoms with Crippen molar-refractivity contribution in [1.82, 2.24) is 14.0 Å². The lowest BCUT2D eigenvalue weighted by Crippen LogP contribution is -2.44. The van der Waals surface area contributed by atoms with Crippen molar-refractivity contribution < 1.29 is 4.79 Å². The van der Waals surface area contributed by atoms with Crippen molar-refractivity contribution in [2.24, 2.45) is 14.1 Å². The quantitative estimate of drug-likeness (QED) is 0.807. The zero-order chi connectivity index (χ0) is 21.1. The van der Waals surface area contributed by atoms with Crippen LogP contribution >= 0.6 is 11.6 Å². The molecule has 3 rings (SSSR count). The summed E-state index contributed by atoms with van der Waals surface area (Å²) >= 11 is 5.89. The van der Waals surface area contributed by atoms with Crippen molar-refractivity contribution in [1.29, 1.82) is 0 Å². The first-order chi connectivity index (χ1) is 13.8. The number of nitrogens with zero attached hydrogens (tertiary/aromatic N) is 4. The number of nitrogens with one attached hydrogen (secondary N) is 1. The molecule has 0 saturated carbocycles. The number of rotatable bonds is 4. The molecular weight excluding hydrogens is 394 g/mol. The highest BCUT2D eigenvalue weighted by Gasteiger charge is 2.25. The number of hydrogen-bond acceptors (Lipinski definition) is 5. The van der Waals surface area contributed by atoms with Crippen molar-refractivity contribution in [2.75, 3.05) is 36.4 Å². The second-order valence-electron chi connectivity index (χ2n) is 7.29. The van der Waals surface area contributed by atoms with E-state index in [-0.39, 0.29) is 23.2 Å². The van der Waals surface area contributed by atoms with Crippen LogP contribution < -0.4 is 21.5 Å². The molecule has 0 bridgehead atoms. The fourth-order valence-electron chi connectivity index (χ4n) is 3.52. The summed E-state index contributed by atoms with van der Waals surface area (Å²) in [6.07, 6.45) is 0.821. The van der Waals surface area contributed by atoms with Crippen LogP contribution in [0, 0.1) is 0 Å². The lowest BCUT2D eigenvalue weighted by molar-refractivity contribution is -0.120. The number of aromatic nitrogens is 2. The molecule has 0 aliphatic carbocycles. The number of hydrogen-bond donors (Lipinski definition) is 1. The van der Waals surface area contributed by atoms with Crippen molar-refractivity contribution in [3.8, 4) is 0 Å². The van der Waals surface area contributed by atoms with E-state index in [1.165, 1.54) is 17.7 Å². The van der Waals surface area contributed by atoms with E-state index in [0.29, 0.717) is 36.2 Å². The van der Waals surface area contributed by atoms with E-state index in [1.807, 2.05) is 11.8 Å². The minimum absolute atomic E-state index is 0.0817. The van der Waals surface area contributed by atoms with Gasteiger partial charge >= 0.3 is 5.69 Å². The molecule has 1 aromatic heterocycles. The zero-order valence-corrected chi connectivity index (χ0v) is 17.6. The van der Waals surface area contributed by atoms with Gasteiger partial charge in [-0.1, -0.05) is 11.6 Å². The zero-order valence-electron chi connectivity index (χ0n) is 16.9. The predicted octanol–water partition coefficient (Wildman–Crippen LogP) is 1.28. The molecule has 1 N–H and O–H groups in total. The second kappa shape index (κ2) is 8.84. The Bertz CT molecular complexity index is 999. The van der Waals surface area contributed by atoms with E-state index >= 15 is 0 Å². The molecule has 2 heterocycles. The number of anilines is 2. The summed E-state index contributed by atoms with van der Waals surface area (Å²) in [7, 11) is 3.14. The van der Waals surface area contributed by atoms with E-state index in [4.69, 9.17) is 11.6 Å². The first-order valence-electron chi connectivity index (χ1n) is 9.60. The highest BCUT2D eigenvalue weighted by atomic mass is 35.5. The van der Waals surface area contributed by atoms with Crippen LogP contribution in [-0.4, -0.2) is 52.2 Å². The molecule has 1 fully saturated rings. The maximum Gasteiger partial charge on any atom is 0.332 e. The van der Waals surface area contributed by atoms with Gasteiger partial charge in [-0.15, -0.1) is 0 Å². The largest absolute Gasteiger partial charge is 0.356 e. The molecule has 1 aromatic carbocycles. The lowest BCUT2D eigenvalue weighted by atomic mass is 10.2. The maximum atomic E-state index is 12.7. The van der Waals surface area contributed by atoms with E-state index in [0.717, 1.165) is 17.5 Å². The fraction of sp³-hybridized carbons (Fsp3) is 0.450. The molecule has 0 radical (unpaired) electrons. The number of amides is 1. The molecular formula is C20H26ClN5O3. The molecule has 156 valence electrons. The van der Waals surface area contributed by atoms with Crippen molar-refractivity contribution in [2.45, 2.75) is 19.4 Å². The summed E-state index contributed by atoms with van der Waals surface area (Å²) in [5.74, 6) is 0.528. The van der Waals surface area contributed by atoms with Gasteiger partial charge < -0.3 is 10.2 Å². The van der Waals surface area contributed by atoms with E-state index in [2.05, 4.69) is 10.2 Å².